The molecule has 0 amide bonds. The summed E-state index contributed by atoms with van der Waals surface area (Å²) in [5.74, 6) is -0.356. The molecule has 0 spiro atoms. The number of carbonyl (C=O) groups excluding carboxylic acids is 1. The Labute approximate surface area is 142 Å². The van der Waals surface area contributed by atoms with Crippen LogP contribution in [0.5, 0.6) is 0 Å². The van der Waals surface area contributed by atoms with Gasteiger partial charge in [0.15, 0.2) is 0 Å². The summed E-state index contributed by atoms with van der Waals surface area (Å²) in [5.41, 5.74) is 1.56. The van der Waals surface area contributed by atoms with Gasteiger partial charge in [-0.2, -0.15) is 4.72 Å². The van der Waals surface area contributed by atoms with Crippen molar-refractivity contribution in [3.05, 3.63) is 65.7 Å². The van der Waals surface area contributed by atoms with Crippen LogP contribution < -0.4 is 4.72 Å². The Hall–Kier alpha value is -2.18. The van der Waals surface area contributed by atoms with Gasteiger partial charge in [0, 0.05) is 0 Å². The van der Waals surface area contributed by atoms with Crippen LogP contribution in [0.3, 0.4) is 0 Å². The van der Waals surface area contributed by atoms with Gasteiger partial charge in [-0.15, -0.1) is 0 Å². The van der Waals surface area contributed by atoms with E-state index >= 15 is 0 Å². The Morgan fingerprint density at radius 3 is 2.04 bits per heavy atom. The number of hydrogen-bond acceptors (Lipinski definition) is 4. The van der Waals surface area contributed by atoms with Crippen LogP contribution in [-0.2, 0) is 19.6 Å². The summed E-state index contributed by atoms with van der Waals surface area (Å²) in [5, 5.41) is 0. The Morgan fingerprint density at radius 2 is 1.54 bits per heavy atom. The molecule has 2 rings (SSSR count). The van der Waals surface area contributed by atoms with Crippen LogP contribution in [0.4, 0.5) is 0 Å². The van der Waals surface area contributed by atoms with Gasteiger partial charge in [-0.1, -0.05) is 56.3 Å². The highest BCUT2D eigenvalue weighted by molar-refractivity contribution is 7.89. The largest absolute Gasteiger partial charge is 0.468 e. The molecule has 6 heteroatoms. The second-order valence-corrected chi connectivity index (χ2v) is 7.43. The third-order valence-electron chi connectivity index (χ3n) is 3.70. The van der Waals surface area contributed by atoms with Gasteiger partial charge in [0.2, 0.25) is 10.0 Å². The van der Waals surface area contributed by atoms with Gasteiger partial charge in [0.25, 0.3) is 0 Å². The van der Waals surface area contributed by atoms with E-state index in [1.165, 1.54) is 19.2 Å². The lowest BCUT2D eigenvalue weighted by Crippen LogP contribution is -2.34. The van der Waals surface area contributed by atoms with Crippen LogP contribution in [-0.4, -0.2) is 21.5 Å². The summed E-state index contributed by atoms with van der Waals surface area (Å²) in [6.45, 7) is 4.06. The van der Waals surface area contributed by atoms with E-state index in [1.807, 2.05) is 13.8 Å². The van der Waals surface area contributed by atoms with E-state index in [2.05, 4.69) is 4.72 Å². The first-order chi connectivity index (χ1) is 11.3. The molecular formula is C18H21NO4S. The van der Waals surface area contributed by atoms with Gasteiger partial charge in [0.1, 0.15) is 6.04 Å². The third kappa shape index (κ3) is 4.21. The molecule has 0 aliphatic heterocycles. The fourth-order valence-corrected chi connectivity index (χ4v) is 3.44. The molecular weight excluding hydrogens is 326 g/mol. The molecule has 128 valence electrons. The van der Waals surface area contributed by atoms with Gasteiger partial charge >= 0.3 is 5.97 Å². The zero-order valence-corrected chi connectivity index (χ0v) is 14.7. The van der Waals surface area contributed by atoms with Gasteiger partial charge in [0.05, 0.1) is 12.0 Å². The van der Waals surface area contributed by atoms with Crippen LogP contribution in [0.25, 0.3) is 0 Å². The smallest absolute Gasteiger partial charge is 0.328 e. The first-order valence-corrected chi connectivity index (χ1v) is 9.08. The molecule has 0 aliphatic rings. The van der Waals surface area contributed by atoms with Gasteiger partial charge in [-0.3, -0.25) is 0 Å². The standard InChI is InChI=1S/C18H21NO4S/c1-13(2)14-9-11-16(12-10-14)24(21,22)19-17(18(20)23-3)15-7-5-4-6-8-15/h4-13,17,19H,1-3H3. The summed E-state index contributed by atoms with van der Waals surface area (Å²) in [7, 11) is -2.63. The monoisotopic (exact) mass is 347 g/mol. The van der Waals surface area contributed by atoms with Crippen molar-refractivity contribution in [2.75, 3.05) is 7.11 Å². The number of rotatable bonds is 6. The summed E-state index contributed by atoms with van der Waals surface area (Å²) in [6.07, 6.45) is 0. The first-order valence-electron chi connectivity index (χ1n) is 7.60. The lowest BCUT2D eigenvalue weighted by atomic mass is 10.0. The second kappa shape index (κ2) is 7.59. The Balaban J connectivity index is 2.32. The van der Waals surface area contributed by atoms with Crippen molar-refractivity contribution < 1.29 is 17.9 Å². The van der Waals surface area contributed by atoms with Gasteiger partial charge < -0.3 is 4.74 Å². The molecule has 24 heavy (non-hydrogen) atoms. The van der Waals surface area contributed by atoms with Crippen molar-refractivity contribution in [3.63, 3.8) is 0 Å². The summed E-state index contributed by atoms with van der Waals surface area (Å²) >= 11 is 0. The topological polar surface area (TPSA) is 72.5 Å². The average Bonchev–Trinajstić information content (AvgIpc) is 2.60. The van der Waals surface area contributed by atoms with Crippen molar-refractivity contribution >= 4 is 16.0 Å². The lowest BCUT2D eigenvalue weighted by molar-refractivity contribution is -0.142. The molecule has 0 fully saturated rings. The molecule has 0 radical (unpaired) electrons. The number of methoxy groups -OCH3 is 1. The van der Waals surface area contributed by atoms with Crippen molar-refractivity contribution in [1.29, 1.82) is 0 Å². The van der Waals surface area contributed by atoms with E-state index in [4.69, 9.17) is 4.74 Å². The van der Waals surface area contributed by atoms with Crippen LogP contribution in [0, 0.1) is 0 Å². The van der Waals surface area contributed by atoms with Gasteiger partial charge in [-0.25, -0.2) is 13.2 Å². The van der Waals surface area contributed by atoms with Crippen LogP contribution in [0.1, 0.15) is 36.9 Å². The predicted molar refractivity (Wildman–Crippen MR) is 92.1 cm³/mol. The number of hydrogen-bond donors (Lipinski definition) is 1. The minimum absolute atomic E-state index is 0.108. The fraction of sp³-hybridized carbons (Fsp3) is 0.278. The first kappa shape index (κ1) is 18.2. The van der Waals surface area contributed by atoms with E-state index in [0.29, 0.717) is 11.5 Å². The Bertz CT molecular complexity index is 784. The van der Waals surface area contributed by atoms with Crippen molar-refractivity contribution in [3.8, 4) is 0 Å². The molecule has 1 unspecified atom stereocenters. The second-order valence-electron chi connectivity index (χ2n) is 5.71. The molecule has 2 aromatic carbocycles. The third-order valence-corrected chi connectivity index (χ3v) is 5.14. The summed E-state index contributed by atoms with van der Waals surface area (Å²) in [4.78, 5) is 12.1. The number of nitrogens with one attached hydrogen (secondary N) is 1. The zero-order valence-electron chi connectivity index (χ0n) is 13.9. The molecule has 0 aromatic heterocycles. The van der Waals surface area contributed by atoms with E-state index in [1.54, 1.807) is 42.5 Å². The molecule has 0 aliphatic carbocycles. The van der Waals surface area contributed by atoms with Crippen molar-refractivity contribution in [1.82, 2.24) is 4.72 Å². The molecule has 5 nitrogen and oxygen atoms in total. The Kier molecular flexibility index (Phi) is 5.75. The quantitative estimate of drug-likeness (QED) is 0.815. The van der Waals surface area contributed by atoms with Crippen LogP contribution in [0.2, 0.25) is 0 Å². The number of ether oxygens (including phenoxy) is 1. The van der Waals surface area contributed by atoms with Crippen LogP contribution >= 0.6 is 0 Å². The maximum Gasteiger partial charge on any atom is 0.328 e. The minimum atomic E-state index is -3.86. The normalized spacial score (nSPS) is 12.8. The highest BCUT2D eigenvalue weighted by Gasteiger charge is 2.27. The summed E-state index contributed by atoms with van der Waals surface area (Å²) in [6, 6.07) is 14.1. The molecule has 1 atom stereocenters. The molecule has 0 bridgehead atoms. The van der Waals surface area contributed by atoms with Gasteiger partial charge in [-0.05, 0) is 29.2 Å². The number of carbonyl (C=O) groups is 1. The average molecular weight is 347 g/mol. The number of esters is 1. The van der Waals surface area contributed by atoms with E-state index in [-0.39, 0.29) is 4.90 Å². The molecule has 2 aromatic rings. The molecule has 0 saturated carbocycles. The lowest BCUT2D eigenvalue weighted by Gasteiger charge is -2.17. The maximum atomic E-state index is 12.6. The van der Waals surface area contributed by atoms with E-state index in [0.717, 1.165) is 5.56 Å². The van der Waals surface area contributed by atoms with Crippen molar-refractivity contribution in [2.24, 2.45) is 0 Å². The highest BCUT2D eigenvalue weighted by Crippen LogP contribution is 2.21. The highest BCUT2D eigenvalue weighted by atomic mass is 32.2. The molecule has 1 N–H and O–H groups in total. The maximum absolute atomic E-state index is 12.6. The molecule has 0 saturated heterocycles. The predicted octanol–water partition coefficient (Wildman–Crippen LogP) is 3.00. The summed E-state index contributed by atoms with van der Waals surface area (Å²) < 4.78 is 32.4. The van der Waals surface area contributed by atoms with E-state index in [9.17, 15) is 13.2 Å². The molecule has 0 heterocycles. The van der Waals surface area contributed by atoms with Crippen molar-refractivity contribution in [2.45, 2.75) is 30.7 Å². The number of sulfonamides is 1. The van der Waals surface area contributed by atoms with E-state index < -0.39 is 22.0 Å². The fourth-order valence-electron chi connectivity index (χ4n) is 2.27. The minimum Gasteiger partial charge on any atom is -0.468 e. The SMILES string of the molecule is COC(=O)C(NS(=O)(=O)c1ccc(C(C)C)cc1)c1ccccc1. The number of benzene rings is 2. The van der Waals surface area contributed by atoms with Crippen LogP contribution in [0.15, 0.2) is 59.5 Å². The zero-order chi connectivity index (χ0) is 17.7. The Morgan fingerprint density at radius 1 is 0.958 bits per heavy atom.